The quantitative estimate of drug-likeness (QED) is 0.890. The van der Waals surface area contributed by atoms with Crippen molar-refractivity contribution in [2.75, 3.05) is 0 Å². The molecule has 18 heavy (non-hydrogen) atoms. The van der Waals surface area contributed by atoms with E-state index in [-0.39, 0.29) is 5.69 Å². The molecule has 0 aliphatic carbocycles. The molecule has 0 unspecified atom stereocenters. The smallest absolute Gasteiger partial charge is 0.352 e. The largest absolute Gasteiger partial charge is 0.477 e. The van der Waals surface area contributed by atoms with Crippen molar-refractivity contribution >= 4 is 29.2 Å². The van der Waals surface area contributed by atoms with Gasteiger partial charge in [0.2, 0.25) is 0 Å². The zero-order valence-electron chi connectivity index (χ0n) is 8.91. The second kappa shape index (κ2) is 4.84. The molecule has 2 aromatic rings. The lowest BCUT2D eigenvalue weighted by Gasteiger charge is -2.04. The lowest BCUT2D eigenvalue weighted by molar-refractivity contribution is 0.0690. The fourth-order valence-electron chi connectivity index (χ4n) is 1.52. The van der Waals surface area contributed by atoms with Gasteiger partial charge in [-0.2, -0.15) is 0 Å². The molecule has 1 heterocycles. The number of benzene rings is 1. The van der Waals surface area contributed by atoms with Crippen molar-refractivity contribution in [3.63, 3.8) is 0 Å². The molecule has 0 fully saturated rings. The van der Waals surface area contributed by atoms with E-state index in [1.54, 1.807) is 12.1 Å². The Kier molecular flexibility index (Phi) is 3.41. The highest BCUT2D eigenvalue weighted by Crippen LogP contribution is 2.28. The van der Waals surface area contributed by atoms with Gasteiger partial charge in [-0.15, -0.1) is 0 Å². The van der Waals surface area contributed by atoms with Crippen LogP contribution in [0.4, 0.5) is 0 Å². The van der Waals surface area contributed by atoms with Crippen LogP contribution in [0.1, 0.15) is 10.5 Å². The third kappa shape index (κ3) is 2.39. The van der Waals surface area contributed by atoms with Gasteiger partial charge < -0.3 is 10.1 Å². The van der Waals surface area contributed by atoms with Gasteiger partial charge in [0.25, 0.3) is 5.56 Å². The third-order valence-electron chi connectivity index (χ3n) is 2.36. The second-order valence-electron chi connectivity index (χ2n) is 3.54. The van der Waals surface area contributed by atoms with Gasteiger partial charge in [0, 0.05) is 16.1 Å². The number of hydrogen-bond acceptors (Lipinski definition) is 2. The van der Waals surface area contributed by atoms with Crippen molar-refractivity contribution in [3.8, 4) is 11.1 Å². The molecule has 0 saturated carbocycles. The maximum atomic E-state index is 11.8. The predicted molar refractivity (Wildman–Crippen MR) is 69.5 cm³/mol. The Bertz CT molecular complexity index is 679. The van der Waals surface area contributed by atoms with Gasteiger partial charge >= 0.3 is 5.97 Å². The van der Waals surface area contributed by atoms with Crippen molar-refractivity contribution in [3.05, 3.63) is 56.4 Å². The number of pyridine rings is 1. The Morgan fingerprint density at radius 1 is 1.11 bits per heavy atom. The number of carboxylic acid groups (broad SMARTS) is 1. The van der Waals surface area contributed by atoms with E-state index in [0.717, 1.165) is 0 Å². The Morgan fingerprint density at radius 2 is 1.78 bits per heavy atom. The minimum absolute atomic E-state index is 0.172. The number of rotatable bonds is 2. The van der Waals surface area contributed by atoms with E-state index >= 15 is 0 Å². The van der Waals surface area contributed by atoms with Crippen molar-refractivity contribution in [2.45, 2.75) is 0 Å². The van der Waals surface area contributed by atoms with E-state index in [4.69, 9.17) is 28.3 Å². The van der Waals surface area contributed by atoms with E-state index in [0.29, 0.717) is 21.2 Å². The van der Waals surface area contributed by atoms with Crippen molar-refractivity contribution in [2.24, 2.45) is 0 Å². The standard InChI is InChI=1S/C12H7Cl2NO3/c13-6-1-2-7(9(14)5-6)8-3-4-10(12(17)18)15-11(8)16/h1-5H,(H,15,16)(H,17,18). The number of carbonyl (C=O) groups is 1. The number of hydrogen-bond donors (Lipinski definition) is 2. The summed E-state index contributed by atoms with van der Waals surface area (Å²) >= 11 is 11.7. The summed E-state index contributed by atoms with van der Waals surface area (Å²) in [6.07, 6.45) is 0. The van der Waals surface area contributed by atoms with E-state index in [1.807, 2.05) is 0 Å². The van der Waals surface area contributed by atoms with E-state index in [1.165, 1.54) is 18.2 Å². The number of H-pyrrole nitrogens is 1. The molecule has 4 nitrogen and oxygen atoms in total. The number of halogens is 2. The van der Waals surface area contributed by atoms with Crippen LogP contribution in [0.2, 0.25) is 10.0 Å². The summed E-state index contributed by atoms with van der Waals surface area (Å²) in [4.78, 5) is 24.7. The van der Waals surface area contributed by atoms with Gasteiger partial charge in [0.15, 0.2) is 0 Å². The van der Waals surface area contributed by atoms with Crippen molar-refractivity contribution in [1.29, 1.82) is 0 Å². The Hall–Kier alpha value is -1.78. The molecule has 0 aliphatic heterocycles. The maximum absolute atomic E-state index is 11.8. The van der Waals surface area contributed by atoms with E-state index in [2.05, 4.69) is 4.98 Å². The number of aromatic nitrogens is 1. The van der Waals surface area contributed by atoms with E-state index in [9.17, 15) is 9.59 Å². The van der Waals surface area contributed by atoms with E-state index < -0.39 is 11.5 Å². The average molecular weight is 284 g/mol. The fraction of sp³-hybridized carbons (Fsp3) is 0. The molecular formula is C12H7Cl2NO3. The Labute approximate surface area is 112 Å². The summed E-state index contributed by atoms with van der Waals surface area (Å²) in [5.74, 6) is -1.19. The second-order valence-corrected chi connectivity index (χ2v) is 4.39. The third-order valence-corrected chi connectivity index (χ3v) is 2.91. The van der Waals surface area contributed by atoms with Crippen molar-refractivity contribution in [1.82, 2.24) is 4.98 Å². The summed E-state index contributed by atoms with van der Waals surface area (Å²) in [5, 5.41) is 9.54. The van der Waals surface area contributed by atoms with Crippen LogP contribution in [-0.4, -0.2) is 16.1 Å². The number of aromatic carboxylic acids is 1. The first-order valence-electron chi connectivity index (χ1n) is 4.91. The summed E-state index contributed by atoms with van der Waals surface area (Å²) in [6.45, 7) is 0. The molecule has 0 saturated heterocycles. The van der Waals surface area contributed by atoms with Crippen LogP contribution in [0.3, 0.4) is 0 Å². The highest BCUT2D eigenvalue weighted by molar-refractivity contribution is 6.36. The van der Waals surface area contributed by atoms with Gasteiger partial charge in [-0.05, 0) is 24.3 Å². The molecule has 0 atom stereocenters. The Morgan fingerprint density at radius 3 is 2.33 bits per heavy atom. The number of nitrogens with one attached hydrogen (secondary N) is 1. The average Bonchev–Trinajstić information content (AvgIpc) is 2.30. The highest BCUT2D eigenvalue weighted by atomic mass is 35.5. The molecule has 0 spiro atoms. The molecule has 2 N–H and O–H groups in total. The summed E-state index contributed by atoms with van der Waals surface area (Å²) in [7, 11) is 0. The van der Waals surface area contributed by atoms with Gasteiger partial charge in [-0.1, -0.05) is 29.3 Å². The van der Waals surface area contributed by atoms with Crippen LogP contribution in [0.25, 0.3) is 11.1 Å². The van der Waals surface area contributed by atoms with Crippen LogP contribution in [0.15, 0.2) is 35.1 Å². The summed E-state index contributed by atoms with van der Waals surface area (Å²) in [6, 6.07) is 7.45. The van der Waals surface area contributed by atoms with Crippen LogP contribution >= 0.6 is 23.2 Å². The molecule has 2 rings (SSSR count). The van der Waals surface area contributed by atoms with Crippen LogP contribution < -0.4 is 5.56 Å². The molecule has 0 bridgehead atoms. The molecule has 6 heteroatoms. The zero-order valence-corrected chi connectivity index (χ0v) is 10.4. The first-order chi connectivity index (χ1) is 8.49. The van der Waals surface area contributed by atoms with Crippen LogP contribution in [0, 0.1) is 0 Å². The minimum Gasteiger partial charge on any atom is -0.477 e. The zero-order chi connectivity index (χ0) is 13.3. The first-order valence-corrected chi connectivity index (χ1v) is 5.66. The monoisotopic (exact) mass is 283 g/mol. The SMILES string of the molecule is O=C(O)c1ccc(-c2ccc(Cl)cc2Cl)c(=O)[nH]1. The summed E-state index contributed by atoms with van der Waals surface area (Å²) < 4.78 is 0. The number of carboxylic acids is 1. The lowest BCUT2D eigenvalue weighted by Crippen LogP contribution is -2.14. The van der Waals surface area contributed by atoms with Gasteiger partial charge in [-0.3, -0.25) is 4.79 Å². The molecule has 92 valence electrons. The lowest BCUT2D eigenvalue weighted by atomic mass is 10.1. The molecule has 1 aromatic heterocycles. The molecule has 1 aromatic carbocycles. The minimum atomic E-state index is -1.19. The number of aromatic amines is 1. The summed E-state index contributed by atoms with van der Waals surface area (Å²) in [5.41, 5.74) is 0.105. The maximum Gasteiger partial charge on any atom is 0.352 e. The van der Waals surface area contributed by atoms with Gasteiger partial charge in [0.05, 0.1) is 5.02 Å². The molecular weight excluding hydrogens is 277 g/mol. The van der Waals surface area contributed by atoms with Gasteiger partial charge in [-0.25, -0.2) is 4.79 Å². The Balaban J connectivity index is 2.58. The molecule has 0 aliphatic rings. The highest BCUT2D eigenvalue weighted by Gasteiger charge is 2.11. The predicted octanol–water partition coefficient (Wildman–Crippen LogP) is 3.05. The van der Waals surface area contributed by atoms with Crippen LogP contribution in [0.5, 0.6) is 0 Å². The van der Waals surface area contributed by atoms with Crippen molar-refractivity contribution < 1.29 is 9.90 Å². The van der Waals surface area contributed by atoms with Gasteiger partial charge in [0.1, 0.15) is 5.69 Å². The van der Waals surface area contributed by atoms with Crippen LogP contribution in [-0.2, 0) is 0 Å². The molecule has 0 amide bonds. The topological polar surface area (TPSA) is 70.2 Å². The first kappa shape index (κ1) is 12.7. The normalized spacial score (nSPS) is 10.3. The molecule has 0 radical (unpaired) electrons. The fourth-order valence-corrected chi connectivity index (χ4v) is 2.03.